The van der Waals surface area contributed by atoms with Crippen LogP contribution in [-0.2, 0) is 11.2 Å². The van der Waals surface area contributed by atoms with Gasteiger partial charge in [-0.3, -0.25) is 10.1 Å². The van der Waals surface area contributed by atoms with Crippen LogP contribution in [0.2, 0.25) is 5.02 Å². The summed E-state index contributed by atoms with van der Waals surface area (Å²) >= 11 is 7.10. The van der Waals surface area contributed by atoms with Gasteiger partial charge in [-0.1, -0.05) is 41.1 Å². The quantitative estimate of drug-likeness (QED) is 0.504. The molecule has 0 saturated heterocycles. The first kappa shape index (κ1) is 21.5. The summed E-state index contributed by atoms with van der Waals surface area (Å²) < 4.78 is 20.6. The van der Waals surface area contributed by atoms with E-state index in [9.17, 15) is 9.59 Å². The Hall–Kier alpha value is -3.24. The Morgan fingerprint density at radius 3 is 2.77 bits per heavy atom. The third kappa shape index (κ3) is 5.22. The summed E-state index contributed by atoms with van der Waals surface area (Å²) in [7, 11) is 1.46. The zero-order chi connectivity index (χ0) is 21.7. The van der Waals surface area contributed by atoms with Crippen molar-refractivity contribution >= 4 is 40.1 Å². The van der Waals surface area contributed by atoms with Crippen LogP contribution in [0.4, 0.5) is 14.3 Å². The van der Waals surface area contributed by atoms with Crippen LogP contribution >= 0.6 is 22.9 Å². The SMILES string of the molecule is COc1ccc(Cc2nnc(NC(=O)NCC(=O)O)s2)c(F)c1-c1cccc(Cl)c1. The number of rotatable bonds is 7. The third-order valence-electron chi connectivity index (χ3n) is 3.95. The highest BCUT2D eigenvalue weighted by atomic mass is 35.5. The number of amides is 2. The molecule has 3 rings (SSSR count). The maximum Gasteiger partial charge on any atom is 0.323 e. The molecule has 0 saturated carbocycles. The molecule has 0 spiro atoms. The smallest absolute Gasteiger partial charge is 0.323 e. The summed E-state index contributed by atoms with van der Waals surface area (Å²) in [5, 5.41) is 22.0. The van der Waals surface area contributed by atoms with E-state index in [1.54, 1.807) is 36.4 Å². The minimum Gasteiger partial charge on any atom is -0.496 e. The molecule has 0 atom stereocenters. The van der Waals surface area contributed by atoms with E-state index in [0.717, 1.165) is 11.3 Å². The van der Waals surface area contributed by atoms with Crippen LogP contribution in [-0.4, -0.2) is 41.0 Å². The van der Waals surface area contributed by atoms with Crippen molar-refractivity contribution in [2.75, 3.05) is 19.0 Å². The van der Waals surface area contributed by atoms with Crippen molar-refractivity contribution in [2.45, 2.75) is 6.42 Å². The number of hydrogen-bond donors (Lipinski definition) is 3. The molecule has 8 nitrogen and oxygen atoms in total. The number of carboxylic acid groups (broad SMARTS) is 1. The predicted octanol–water partition coefficient (Wildman–Crippen LogP) is 3.80. The number of nitrogens with zero attached hydrogens (tertiary/aromatic N) is 2. The van der Waals surface area contributed by atoms with E-state index in [4.69, 9.17) is 21.4 Å². The van der Waals surface area contributed by atoms with Gasteiger partial charge >= 0.3 is 12.0 Å². The van der Waals surface area contributed by atoms with Crippen molar-refractivity contribution in [1.82, 2.24) is 15.5 Å². The number of nitrogens with one attached hydrogen (secondary N) is 2. The molecule has 2 aromatic carbocycles. The van der Waals surface area contributed by atoms with Gasteiger partial charge in [0.15, 0.2) is 0 Å². The highest BCUT2D eigenvalue weighted by Crippen LogP contribution is 2.36. The van der Waals surface area contributed by atoms with Crippen LogP contribution in [0.3, 0.4) is 0 Å². The number of aliphatic carboxylic acids is 1. The molecule has 0 bridgehead atoms. The first-order valence-corrected chi connectivity index (χ1v) is 9.77. The molecule has 0 aliphatic rings. The van der Waals surface area contributed by atoms with E-state index in [-0.39, 0.29) is 17.1 Å². The van der Waals surface area contributed by atoms with Gasteiger partial charge in [0.25, 0.3) is 0 Å². The molecule has 0 aliphatic carbocycles. The van der Waals surface area contributed by atoms with Gasteiger partial charge in [0, 0.05) is 11.4 Å². The van der Waals surface area contributed by atoms with Crippen molar-refractivity contribution in [2.24, 2.45) is 0 Å². The number of benzene rings is 2. The lowest BCUT2D eigenvalue weighted by Gasteiger charge is -2.13. The molecule has 0 aliphatic heterocycles. The molecule has 156 valence electrons. The van der Waals surface area contributed by atoms with Crippen molar-refractivity contribution in [3.05, 3.63) is 57.8 Å². The minimum atomic E-state index is -1.17. The number of urea groups is 1. The number of anilines is 1. The lowest BCUT2D eigenvalue weighted by atomic mass is 9.99. The Morgan fingerprint density at radius 2 is 2.07 bits per heavy atom. The van der Waals surface area contributed by atoms with E-state index in [2.05, 4.69) is 20.8 Å². The summed E-state index contributed by atoms with van der Waals surface area (Å²) in [6.45, 7) is -0.527. The first-order chi connectivity index (χ1) is 14.4. The fourth-order valence-electron chi connectivity index (χ4n) is 2.66. The van der Waals surface area contributed by atoms with E-state index in [1.165, 1.54) is 7.11 Å². The number of ether oxygens (including phenoxy) is 1. The lowest BCUT2D eigenvalue weighted by Crippen LogP contribution is -2.33. The standard InChI is InChI=1S/C19H16ClFN4O4S/c1-29-13-6-5-11(17(21)16(13)10-3-2-4-12(20)7-10)8-14-24-25-19(30-14)23-18(28)22-9-15(26)27/h2-7H,8-9H2,1H3,(H,26,27)(H2,22,23,25,28). The molecule has 0 radical (unpaired) electrons. The van der Waals surface area contributed by atoms with Gasteiger partial charge in [-0.05, 0) is 29.3 Å². The molecule has 3 aromatic rings. The molecule has 0 unspecified atom stereocenters. The average Bonchev–Trinajstić information content (AvgIpc) is 3.14. The Morgan fingerprint density at radius 1 is 1.27 bits per heavy atom. The summed E-state index contributed by atoms with van der Waals surface area (Å²) in [6.07, 6.45) is 0.138. The molecule has 1 aromatic heterocycles. The number of methoxy groups -OCH3 is 1. The number of carboxylic acids is 1. The minimum absolute atomic E-state index is 0.138. The third-order valence-corrected chi connectivity index (χ3v) is 5.02. The number of halogens is 2. The van der Waals surface area contributed by atoms with Crippen molar-refractivity contribution in [1.29, 1.82) is 0 Å². The average molecular weight is 451 g/mol. The van der Waals surface area contributed by atoms with Gasteiger partial charge in [0.1, 0.15) is 23.1 Å². The normalized spacial score (nSPS) is 10.5. The van der Waals surface area contributed by atoms with Crippen LogP contribution in [0.5, 0.6) is 5.75 Å². The molecule has 0 fully saturated rings. The van der Waals surface area contributed by atoms with Crippen molar-refractivity contribution in [3.8, 4) is 16.9 Å². The van der Waals surface area contributed by atoms with Gasteiger partial charge in [-0.25, -0.2) is 9.18 Å². The summed E-state index contributed by atoms with van der Waals surface area (Å²) in [6, 6.07) is 9.33. The number of hydrogen-bond acceptors (Lipinski definition) is 6. The largest absolute Gasteiger partial charge is 0.496 e. The van der Waals surface area contributed by atoms with Gasteiger partial charge < -0.3 is 15.2 Å². The zero-order valence-corrected chi connectivity index (χ0v) is 17.2. The Balaban J connectivity index is 1.81. The molecule has 11 heteroatoms. The van der Waals surface area contributed by atoms with E-state index in [1.807, 2.05) is 0 Å². The van der Waals surface area contributed by atoms with Crippen LogP contribution in [0.25, 0.3) is 11.1 Å². The van der Waals surface area contributed by atoms with E-state index in [0.29, 0.717) is 26.9 Å². The molecule has 3 N–H and O–H groups in total. The second-order valence-corrected chi connectivity index (χ2v) is 7.50. The second-order valence-electron chi connectivity index (χ2n) is 6.01. The predicted molar refractivity (Wildman–Crippen MR) is 111 cm³/mol. The van der Waals surface area contributed by atoms with Crippen molar-refractivity contribution in [3.63, 3.8) is 0 Å². The van der Waals surface area contributed by atoms with Crippen LogP contribution < -0.4 is 15.4 Å². The lowest BCUT2D eigenvalue weighted by molar-refractivity contribution is -0.135. The van der Waals surface area contributed by atoms with Gasteiger partial charge in [0.2, 0.25) is 5.13 Å². The fraction of sp³-hybridized carbons (Fsp3) is 0.158. The highest BCUT2D eigenvalue weighted by molar-refractivity contribution is 7.15. The van der Waals surface area contributed by atoms with Gasteiger partial charge in [-0.15, -0.1) is 10.2 Å². The molecule has 30 heavy (non-hydrogen) atoms. The van der Waals surface area contributed by atoms with Gasteiger partial charge in [0.05, 0.1) is 12.7 Å². The maximum atomic E-state index is 15.3. The maximum absolute atomic E-state index is 15.3. The van der Waals surface area contributed by atoms with Crippen molar-refractivity contribution < 1.29 is 23.8 Å². The second kappa shape index (κ2) is 9.51. The topological polar surface area (TPSA) is 113 Å². The Labute approximate surface area is 179 Å². The number of aromatic nitrogens is 2. The van der Waals surface area contributed by atoms with Crippen LogP contribution in [0, 0.1) is 5.82 Å². The molecular formula is C19H16ClFN4O4S. The monoisotopic (exact) mass is 450 g/mol. The number of carbonyl (C=O) groups is 2. The van der Waals surface area contributed by atoms with Crippen LogP contribution in [0.15, 0.2) is 36.4 Å². The zero-order valence-electron chi connectivity index (χ0n) is 15.6. The van der Waals surface area contributed by atoms with E-state index >= 15 is 4.39 Å². The molecule has 2 amide bonds. The summed E-state index contributed by atoms with van der Waals surface area (Å²) in [4.78, 5) is 22.1. The fourth-order valence-corrected chi connectivity index (χ4v) is 3.60. The number of carbonyl (C=O) groups excluding carboxylic acids is 1. The summed E-state index contributed by atoms with van der Waals surface area (Å²) in [5.74, 6) is -1.28. The van der Waals surface area contributed by atoms with Crippen LogP contribution in [0.1, 0.15) is 10.6 Å². The Bertz CT molecular complexity index is 1090. The highest BCUT2D eigenvalue weighted by Gasteiger charge is 2.18. The Kier molecular flexibility index (Phi) is 6.80. The molecule has 1 heterocycles. The van der Waals surface area contributed by atoms with Gasteiger partial charge in [-0.2, -0.15) is 0 Å². The first-order valence-electron chi connectivity index (χ1n) is 8.57. The summed E-state index contributed by atoms with van der Waals surface area (Å²) in [5.41, 5.74) is 1.23. The molecular weight excluding hydrogens is 435 g/mol. The van der Waals surface area contributed by atoms with E-state index < -0.39 is 24.4 Å².